The van der Waals surface area contributed by atoms with Crippen LogP contribution in [0.4, 0.5) is 5.69 Å². The van der Waals surface area contributed by atoms with E-state index >= 15 is 0 Å². The van der Waals surface area contributed by atoms with Gasteiger partial charge in [-0.05, 0) is 47.2 Å². The molecule has 0 atom stereocenters. The molecule has 0 unspecified atom stereocenters. The molecule has 3 aromatic rings. The van der Waals surface area contributed by atoms with Crippen molar-refractivity contribution < 1.29 is 0 Å². The van der Waals surface area contributed by atoms with Gasteiger partial charge in [-0.2, -0.15) is 4.68 Å². The van der Waals surface area contributed by atoms with Gasteiger partial charge in [-0.3, -0.25) is 0 Å². The van der Waals surface area contributed by atoms with Crippen molar-refractivity contribution in [2.24, 2.45) is 0 Å². The summed E-state index contributed by atoms with van der Waals surface area (Å²) in [4.78, 5) is 0. The van der Waals surface area contributed by atoms with Crippen LogP contribution < -0.4 is 5.73 Å². The Bertz CT molecular complexity index is 746. The lowest BCUT2D eigenvalue weighted by atomic mass is 10.1. The molecule has 0 amide bonds. The van der Waals surface area contributed by atoms with Crippen molar-refractivity contribution in [1.82, 2.24) is 20.2 Å². The second-order valence-corrected chi connectivity index (χ2v) is 5.35. The van der Waals surface area contributed by atoms with Gasteiger partial charge in [0.2, 0.25) is 0 Å². The highest BCUT2D eigenvalue weighted by atomic mass is 79.9. The maximum atomic E-state index is 6.07. The van der Waals surface area contributed by atoms with Gasteiger partial charge >= 0.3 is 0 Å². The summed E-state index contributed by atoms with van der Waals surface area (Å²) in [7, 11) is 0. The zero-order valence-electron chi connectivity index (χ0n) is 10.8. The number of benzene rings is 2. The largest absolute Gasteiger partial charge is 0.398 e. The summed E-state index contributed by atoms with van der Waals surface area (Å²) in [5.74, 6) is 0.638. The van der Waals surface area contributed by atoms with Crippen LogP contribution in [0, 0.1) is 6.92 Å². The number of nitrogen functional groups attached to an aromatic ring is 1. The van der Waals surface area contributed by atoms with Crippen LogP contribution in [0.3, 0.4) is 0 Å². The van der Waals surface area contributed by atoms with Gasteiger partial charge in [0.1, 0.15) is 0 Å². The zero-order chi connectivity index (χ0) is 14.1. The summed E-state index contributed by atoms with van der Waals surface area (Å²) in [5.41, 5.74) is 9.51. The lowest BCUT2D eigenvalue weighted by Crippen LogP contribution is -2.03. The van der Waals surface area contributed by atoms with Crippen LogP contribution in [-0.4, -0.2) is 20.2 Å². The Hall–Kier alpha value is -2.21. The number of halogens is 1. The van der Waals surface area contributed by atoms with E-state index in [1.165, 1.54) is 0 Å². The maximum absolute atomic E-state index is 6.07. The molecule has 0 fully saturated rings. The van der Waals surface area contributed by atoms with Crippen molar-refractivity contribution in [3.05, 3.63) is 52.5 Å². The van der Waals surface area contributed by atoms with Crippen LogP contribution in [0.5, 0.6) is 0 Å². The lowest BCUT2D eigenvalue weighted by Gasteiger charge is -2.09. The Balaban J connectivity index is 2.21. The molecule has 0 bridgehead atoms. The van der Waals surface area contributed by atoms with Crippen LogP contribution >= 0.6 is 15.9 Å². The Morgan fingerprint density at radius 2 is 1.95 bits per heavy atom. The Kier molecular flexibility index (Phi) is 3.23. The van der Waals surface area contributed by atoms with E-state index in [9.17, 15) is 0 Å². The predicted molar refractivity (Wildman–Crippen MR) is 81.4 cm³/mol. The van der Waals surface area contributed by atoms with Crippen LogP contribution in [-0.2, 0) is 0 Å². The minimum atomic E-state index is 0.638. The zero-order valence-corrected chi connectivity index (χ0v) is 12.4. The molecule has 1 heterocycles. The molecular weight excluding hydrogens is 318 g/mol. The van der Waals surface area contributed by atoms with E-state index in [0.29, 0.717) is 11.5 Å². The monoisotopic (exact) mass is 329 g/mol. The molecule has 5 nitrogen and oxygen atoms in total. The third kappa shape index (κ3) is 2.18. The van der Waals surface area contributed by atoms with Gasteiger partial charge in [-0.1, -0.05) is 34.1 Å². The van der Waals surface area contributed by atoms with Crippen LogP contribution in [0.1, 0.15) is 5.56 Å². The van der Waals surface area contributed by atoms with Crippen LogP contribution in [0.15, 0.2) is 46.9 Å². The minimum absolute atomic E-state index is 0.638. The molecule has 0 radical (unpaired) electrons. The van der Waals surface area contributed by atoms with E-state index in [1.807, 2.05) is 49.4 Å². The molecule has 2 N–H and O–H groups in total. The normalized spacial score (nSPS) is 10.7. The Morgan fingerprint density at radius 3 is 2.70 bits per heavy atom. The van der Waals surface area contributed by atoms with Crippen molar-refractivity contribution in [3.8, 4) is 17.1 Å². The van der Waals surface area contributed by atoms with Crippen LogP contribution in [0.2, 0.25) is 0 Å². The molecule has 6 heteroatoms. The number of nitrogens with two attached hydrogens (primary N) is 1. The van der Waals surface area contributed by atoms with Crippen molar-refractivity contribution in [2.75, 3.05) is 5.73 Å². The maximum Gasteiger partial charge on any atom is 0.189 e. The van der Waals surface area contributed by atoms with Gasteiger partial charge in [0, 0.05) is 15.7 Å². The summed E-state index contributed by atoms with van der Waals surface area (Å²) in [6.45, 7) is 1.99. The average molecular weight is 330 g/mol. The van der Waals surface area contributed by atoms with E-state index in [-0.39, 0.29) is 0 Å². The Labute approximate surface area is 124 Å². The van der Waals surface area contributed by atoms with Gasteiger partial charge in [-0.25, -0.2) is 0 Å². The van der Waals surface area contributed by atoms with E-state index in [0.717, 1.165) is 21.3 Å². The first-order chi connectivity index (χ1) is 9.66. The highest BCUT2D eigenvalue weighted by Crippen LogP contribution is 2.29. The van der Waals surface area contributed by atoms with E-state index < -0.39 is 0 Å². The van der Waals surface area contributed by atoms with Gasteiger partial charge in [0.05, 0.1) is 5.69 Å². The summed E-state index contributed by atoms with van der Waals surface area (Å²) in [6.07, 6.45) is 0. The molecule has 0 aliphatic heterocycles. The lowest BCUT2D eigenvalue weighted by molar-refractivity contribution is 0.791. The highest BCUT2D eigenvalue weighted by Gasteiger charge is 2.15. The average Bonchev–Trinajstić information content (AvgIpc) is 2.87. The molecule has 3 rings (SSSR count). The van der Waals surface area contributed by atoms with Crippen LogP contribution in [0.25, 0.3) is 17.1 Å². The third-order valence-electron chi connectivity index (χ3n) is 3.05. The third-order valence-corrected chi connectivity index (χ3v) is 3.54. The van der Waals surface area contributed by atoms with E-state index in [2.05, 4.69) is 31.5 Å². The van der Waals surface area contributed by atoms with E-state index in [4.69, 9.17) is 5.73 Å². The number of aryl methyl sites for hydroxylation is 1. The smallest absolute Gasteiger partial charge is 0.189 e. The number of anilines is 1. The Morgan fingerprint density at radius 1 is 1.15 bits per heavy atom. The van der Waals surface area contributed by atoms with E-state index in [1.54, 1.807) is 4.68 Å². The van der Waals surface area contributed by atoms with Crippen molar-refractivity contribution >= 4 is 21.6 Å². The molecule has 0 aliphatic rings. The number of tetrazole rings is 1. The second-order valence-electron chi connectivity index (χ2n) is 4.43. The SMILES string of the molecule is Cc1cccc(N)c1-c1nnnn1-c1cccc(Br)c1. The molecule has 2 aromatic carbocycles. The fraction of sp³-hybridized carbons (Fsp3) is 0.0714. The highest BCUT2D eigenvalue weighted by molar-refractivity contribution is 9.10. The molecular formula is C14H12BrN5. The summed E-state index contributed by atoms with van der Waals surface area (Å²) < 4.78 is 2.65. The van der Waals surface area contributed by atoms with Gasteiger partial charge in [-0.15, -0.1) is 5.10 Å². The number of hydrogen-bond donors (Lipinski definition) is 1. The molecule has 1 aromatic heterocycles. The number of hydrogen-bond acceptors (Lipinski definition) is 4. The summed E-state index contributed by atoms with van der Waals surface area (Å²) in [5, 5.41) is 12.0. The molecule has 0 saturated carbocycles. The minimum Gasteiger partial charge on any atom is -0.398 e. The van der Waals surface area contributed by atoms with Crippen molar-refractivity contribution in [3.63, 3.8) is 0 Å². The first-order valence-electron chi connectivity index (χ1n) is 6.06. The molecule has 0 aliphatic carbocycles. The van der Waals surface area contributed by atoms with Gasteiger partial charge in [0.15, 0.2) is 5.82 Å². The number of rotatable bonds is 2. The fourth-order valence-electron chi connectivity index (χ4n) is 2.12. The molecule has 100 valence electrons. The second kappa shape index (κ2) is 5.05. The first-order valence-corrected chi connectivity index (χ1v) is 6.86. The summed E-state index contributed by atoms with van der Waals surface area (Å²) in [6, 6.07) is 13.5. The van der Waals surface area contributed by atoms with Gasteiger partial charge in [0.25, 0.3) is 0 Å². The standard InChI is InChI=1S/C14H12BrN5/c1-9-4-2-7-12(16)13(9)14-17-18-19-20(14)11-6-3-5-10(15)8-11/h2-8H,16H2,1H3. The predicted octanol–water partition coefficient (Wildman–Crippen LogP) is 2.98. The first kappa shape index (κ1) is 12.8. The topological polar surface area (TPSA) is 69.6 Å². The molecule has 0 spiro atoms. The van der Waals surface area contributed by atoms with Crippen molar-refractivity contribution in [1.29, 1.82) is 0 Å². The summed E-state index contributed by atoms with van der Waals surface area (Å²) >= 11 is 3.45. The molecule has 0 saturated heterocycles. The molecule has 20 heavy (non-hydrogen) atoms. The quantitative estimate of drug-likeness (QED) is 0.734. The number of nitrogens with zero attached hydrogens (tertiary/aromatic N) is 4. The fourth-order valence-corrected chi connectivity index (χ4v) is 2.51. The van der Waals surface area contributed by atoms with Gasteiger partial charge < -0.3 is 5.73 Å². The number of aromatic nitrogens is 4. The van der Waals surface area contributed by atoms with Crippen molar-refractivity contribution in [2.45, 2.75) is 6.92 Å².